The molecule has 0 unspecified atom stereocenters. The molecule has 0 bridgehead atoms. The van der Waals surface area contributed by atoms with Crippen molar-refractivity contribution in [2.24, 2.45) is 0 Å². The van der Waals surface area contributed by atoms with Crippen LogP contribution in [0.5, 0.6) is 0 Å². The molecule has 1 heterocycles. The van der Waals surface area contributed by atoms with E-state index in [0.29, 0.717) is 12.1 Å². The summed E-state index contributed by atoms with van der Waals surface area (Å²) in [5.74, 6) is -0.369. The monoisotopic (exact) mass is 209 g/mol. The number of hydrogen-bond acceptors (Lipinski definition) is 2. The van der Waals surface area contributed by atoms with E-state index in [2.05, 4.69) is 5.32 Å². The maximum Gasteiger partial charge on any atom is 0.246 e. The summed E-state index contributed by atoms with van der Waals surface area (Å²) >= 11 is 0. The Morgan fingerprint density at radius 1 is 1.53 bits per heavy atom. The minimum atomic E-state index is -0.243. The summed E-state index contributed by atoms with van der Waals surface area (Å²) in [5, 5.41) is 2.68. The van der Waals surface area contributed by atoms with Gasteiger partial charge in [-0.1, -0.05) is 12.1 Å². The SMILES string of the molecule is Cc1ccc([C@H]2CNC(=O)CO2)cc1F. The molecular formula is C11H12FNO2. The van der Waals surface area contributed by atoms with Crippen LogP contribution in [0, 0.1) is 12.7 Å². The summed E-state index contributed by atoms with van der Waals surface area (Å²) in [7, 11) is 0. The van der Waals surface area contributed by atoms with Crippen LogP contribution in [0.1, 0.15) is 17.2 Å². The molecule has 0 radical (unpaired) electrons. The zero-order chi connectivity index (χ0) is 10.8. The van der Waals surface area contributed by atoms with E-state index < -0.39 is 0 Å². The van der Waals surface area contributed by atoms with E-state index in [1.807, 2.05) is 6.07 Å². The van der Waals surface area contributed by atoms with Crippen molar-refractivity contribution in [3.8, 4) is 0 Å². The Morgan fingerprint density at radius 3 is 2.93 bits per heavy atom. The number of morpholine rings is 1. The Balaban J connectivity index is 2.16. The highest BCUT2D eigenvalue weighted by Gasteiger charge is 2.20. The third-order valence-electron chi connectivity index (χ3n) is 2.47. The van der Waals surface area contributed by atoms with Crippen LogP contribution in [0.4, 0.5) is 4.39 Å². The number of ether oxygens (including phenoxy) is 1. The summed E-state index contributed by atoms with van der Waals surface area (Å²) in [5.41, 5.74) is 1.37. The van der Waals surface area contributed by atoms with Crippen molar-refractivity contribution in [3.05, 3.63) is 35.1 Å². The van der Waals surface area contributed by atoms with Crippen molar-refractivity contribution in [1.82, 2.24) is 5.32 Å². The molecule has 1 aliphatic rings. The topological polar surface area (TPSA) is 38.3 Å². The summed E-state index contributed by atoms with van der Waals surface area (Å²) in [6.07, 6.45) is -0.238. The van der Waals surface area contributed by atoms with Crippen LogP contribution in [0.15, 0.2) is 18.2 Å². The Labute approximate surface area is 87.2 Å². The zero-order valence-corrected chi connectivity index (χ0v) is 8.42. The number of rotatable bonds is 1. The largest absolute Gasteiger partial charge is 0.362 e. The van der Waals surface area contributed by atoms with Gasteiger partial charge in [0, 0.05) is 6.54 Å². The molecule has 3 nitrogen and oxygen atoms in total. The first-order valence-corrected chi connectivity index (χ1v) is 4.81. The fourth-order valence-corrected chi connectivity index (χ4v) is 1.52. The van der Waals surface area contributed by atoms with E-state index in [4.69, 9.17) is 4.74 Å². The second kappa shape index (κ2) is 3.98. The van der Waals surface area contributed by atoms with Crippen molar-refractivity contribution in [2.45, 2.75) is 13.0 Å². The zero-order valence-electron chi connectivity index (χ0n) is 8.42. The Kier molecular flexibility index (Phi) is 2.68. The number of benzene rings is 1. The summed E-state index contributed by atoms with van der Waals surface area (Å²) in [4.78, 5) is 10.9. The number of halogens is 1. The molecule has 1 fully saturated rings. The molecule has 1 aromatic carbocycles. The number of hydrogen-bond donors (Lipinski definition) is 1. The van der Waals surface area contributed by atoms with Gasteiger partial charge in [0.1, 0.15) is 18.5 Å². The van der Waals surface area contributed by atoms with Gasteiger partial charge in [-0.25, -0.2) is 4.39 Å². The van der Waals surface area contributed by atoms with Crippen molar-refractivity contribution in [1.29, 1.82) is 0 Å². The fourth-order valence-electron chi connectivity index (χ4n) is 1.52. The van der Waals surface area contributed by atoms with Crippen LogP contribution in [0.25, 0.3) is 0 Å². The highest BCUT2D eigenvalue weighted by Crippen LogP contribution is 2.20. The minimum Gasteiger partial charge on any atom is -0.362 e. The first kappa shape index (κ1) is 10.1. The predicted molar refractivity (Wildman–Crippen MR) is 52.8 cm³/mol. The Morgan fingerprint density at radius 2 is 2.33 bits per heavy atom. The maximum absolute atomic E-state index is 13.3. The highest BCUT2D eigenvalue weighted by atomic mass is 19.1. The van der Waals surface area contributed by atoms with Gasteiger partial charge in [0.25, 0.3) is 0 Å². The molecule has 1 aromatic rings. The molecule has 2 rings (SSSR count). The first-order chi connectivity index (χ1) is 7.16. The summed E-state index contributed by atoms with van der Waals surface area (Å²) in [6.45, 7) is 2.16. The number of carbonyl (C=O) groups excluding carboxylic acids is 1. The number of amides is 1. The van der Waals surface area contributed by atoms with Gasteiger partial charge in [0.2, 0.25) is 5.91 Å². The fraction of sp³-hybridized carbons (Fsp3) is 0.364. The third kappa shape index (κ3) is 2.15. The average Bonchev–Trinajstić information content (AvgIpc) is 2.23. The van der Waals surface area contributed by atoms with E-state index in [-0.39, 0.29) is 24.4 Å². The van der Waals surface area contributed by atoms with Gasteiger partial charge < -0.3 is 10.1 Å². The lowest BCUT2D eigenvalue weighted by molar-refractivity contribution is -0.133. The van der Waals surface area contributed by atoms with Crippen LogP contribution < -0.4 is 5.32 Å². The molecular weight excluding hydrogens is 197 g/mol. The standard InChI is InChI=1S/C11H12FNO2/c1-7-2-3-8(4-9(7)12)10-5-13-11(14)6-15-10/h2-4,10H,5-6H2,1H3,(H,13,14)/t10-/m1/s1. The molecule has 80 valence electrons. The predicted octanol–water partition coefficient (Wildman–Crippen LogP) is 1.32. The molecule has 1 aliphatic heterocycles. The van der Waals surface area contributed by atoms with Crippen LogP contribution in [-0.4, -0.2) is 19.1 Å². The molecule has 4 heteroatoms. The lowest BCUT2D eigenvalue weighted by atomic mass is 10.1. The maximum atomic E-state index is 13.3. The van der Waals surface area contributed by atoms with Crippen molar-refractivity contribution in [2.75, 3.05) is 13.2 Å². The molecule has 0 saturated carbocycles. The lowest BCUT2D eigenvalue weighted by Crippen LogP contribution is -2.38. The van der Waals surface area contributed by atoms with E-state index >= 15 is 0 Å². The van der Waals surface area contributed by atoms with E-state index in [9.17, 15) is 9.18 Å². The normalized spacial score (nSPS) is 21.2. The molecule has 0 aromatic heterocycles. The first-order valence-electron chi connectivity index (χ1n) is 4.81. The smallest absolute Gasteiger partial charge is 0.246 e. The van der Waals surface area contributed by atoms with Gasteiger partial charge in [-0.05, 0) is 24.1 Å². The minimum absolute atomic E-state index is 0.0418. The number of nitrogens with one attached hydrogen (secondary N) is 1. The molecule has 1 amide bonds. The van der Waals surface area contributed by atoms with Gasteiger partial charge in [-0.2, -0.15) is 0 Å². The van der Waals surface area contributed by atoms with Gasteiger partial charge in [0.15, 0.2) is 0 Å². The molecule has 1 saturated heterocycles. The highest BCUT2D eigenvalue weighted by molar-refractivity contribution is 5.77. The van der Waals surface area contributed by atoms with Crippen molar-refractivity contribution < 1.29 is 13.9 Å². The van der Waals surface area contributed by atoms with Crippen LogP contribution in [0.3, 0.4) is 0 Å². The van der Waals surface area contributed by atoms with Crippen LogP contribution in [-0.2, 0) is 9.53 Å². The van der Waals surface area contributed by atoms with E-state index in [0.717, 1.165) is 5.56 Å². The molecule has 1 N–H and O–H groups in total. The van der Waals surface area contributed by atoms with Crippen molar-refractivity contribution >= 4 is 5.91 Å². The molecule has 0 spiro atoms. The van der Waals surface area contributed by atoms with Gasteiger partial charge in [-0.15, -0.1) is 0 Å². The Bertz CT molecular complexity index is 382. The number of aryl methyl sites for hydroxylation is 1. The average molecular weight is 209 g/mol. The number of carbonyl (C=O) groups is 1. The van der Waals surface area contributed by atoms with Gasteiger partial charge in [0.05, 0.1) is 0 Å². The molecule has 1 atom stereocenters. The van der Waals surface area contributed by atoms with Gasteiger partial charge in [-0.3, -0.25) is 4.79 Å². The second-order valence-corrected chi connectivity index (χ2v) is 3.61. The second-order valence-electron chi connectivity index (χ2n) is 3.61. The quantitative estimate of drug-likeness (QED) is 0.757. The van der Waals surface area contributed by atoms with E-state index in [1.54, 1.807) is 13.0 Å². The van der Waals surface area contributed by atoms with Crippen LogP contribution >= 0.6 is 0 Å². The van der Waals surface area contributed by atoms with Gasteiger partial charge >= 0.3 is 0 Å². The Hall–Kier alpha value is -1.42. The summed E-state index contributed by atoms with van der Waals surface area (Å²) in [6, 6.07) is 4.99. The summed E-state index contributed by atoms with van der Waals surface area (Å²) < 4.78 is 18.6. The molecule has 15 heavy (non-hydrogen) atoms. The van der Waals surface area contributed by atoms with Crippen molar-refractivity contribution in [3.63, 3.8) is 0 Å². The third-order valence-corrected chi connectivity index (χ3v) is 2.47. The van der Waals surface area contributed by atoms with Crippen LogP contribution in [0.2, 0.25) is 0 Å². The van der Waals surface area contributed by atoms with E-state index in [1.165, 1.54) is 6.07 Å². The molecule has 0 aliphatic carbocycles. The lowest BCUT2D eigenvalue weighted by Gasteiger charge is -2.23.